The first kappa shape index (κ1) is 79.4. The molecule has 0 atom stereocenters. The van der Waals surface area contributed by atoms with Crippen molar-refractivity contribution in [1.82, 2.24) is 29.9 Å². The van der Waals surface area contributed by atoms with Crippen LogP contribution in [-0.4, -0.2) is 29.9 Å². The van der Waals surface area contributed by atoms with Crippen LogP contribution in [0.4, 0.5) is 0 Å². The van der Waals surface area contributed by atoms with Crippen molar-refractivity contribution in [2.24, 2.45) is 0 Å². The molecule has 20 aromatic carbocycles. The van der Waals surface area contributed by atoms with Gasteiger partial charge in [0.15, 0.2) is 34.9 Å². The van der Waals surface area contributed by atoms with Crippen molar-refractivity contribution in [2.45, 2.75) is 0 Å². The van der Waals surface area contributed by atoms with Crippen molar-refractivity contribution in [3.05, 3.63) is 461 Å². The fourth-order valence-electron chi connectivity index (χ4n) is 19.7. The van der Waals surface area contributed by atoms with Gasteiger partial charge in [0.05, 0.1) is 0 Å². The number of thiophene rings is 2. The zero-order chi connectivity index (χ0) is 89.7. The molecular weight excluding hydrogens is 1690 g/mol. The van der Waals surface area contributed by atoms with E-state index < -0.39 is 0 Å². The van der Waals surface area contributed by atoms with Crippen LogP contribution in [0.15, 0.2) is 470 Å². The number of furan rings is 2. The number of rotatable bonds is 17. The lowest BCUT2D eigenvalue weighted by Crippen LogP contribution is -2.00. The van der Waals surface area contributed by atoms with Crippen molar-refractivity contribution in [2.75, 3.05) is 0 Å². The Morgan fingerprint density at radius 1 is 0.147 bits per heavy atom. The van der Waals surface area contributed by atoms with Crippen LogP contribution in [-0.2, 0) is 0 Å². The van der Waals surface area contributed by atoms with Gasteiger partial charge in [-0.05, 0) is 160 Å². The lowest BCUT2D eigenvalue weighted by Gasteiger charge is -2.15. The van der Waals surface area contributed by atoms with Gasteiger partial charge in [0.1, 0.15) is 22.3 Å². The number of nitrogens with zero attached hydrogens (tertiary/aromatic N) is 6. The van der Waals surface area contributed by atoms with Gasteiger partial charge in [-0.15, -0.1) is 22.7 Å². The molecule has 0 saturated heterocycles. The summed E-state index contributed by atoms with van der Waals surface area (Å²) < 4.78 is 18.0. The zero-order valence-electron chi connectivity index (χ0n) is 73.2. The molecule has 26 aromatic rings. The first-order chi connectivity index (χ1) is 67.3. The second-order valence-electron chi connectivity index (χ2n) is 34.6. The second kappa shape index (κ2) is 33.4. The summed E-state index contributed by atoms with van der Waals surface area (Å²) in [5.41, 5.74) is 33.8. The summed E-state index contributed by atoms with van der Waals surface area (Å²) in [7, 11) is 0. The maximum Gasteiger partial charge on any atom is 0.164 e. The summed E-state index contributed by atoms with van der Waals surface area (Å²) in [4.78, 5) is 31.2. The van der Waals surface area contributed by atoms with E-state index in [1.54, 1.807) is 0 Å². The molecule has 0 saturated carbocycles. The number of fused-ring (bicyclic) bond motifs is 12. The van der Waals surface area contributed by atoms with Gasteiger partial charge in [-0.2, -0.15) is 0 Å². The molecule has 0 unspecified atom stereocenters. The minimum absolute atomic E-state index is 0.573. The number of benzene rings is 20. The van der Waals surface area contributed by atoms with Gasteiger partial charge < -0.3 is 8.83 Å². The first-order valence-electron chi connectivity index (χ1n) is 45.7. The summed E-state index contributed by atoms with van der Waals surface area (Å²) in [5.74, 6) is 3.50. The van der Waals surface area contributed by atoms with Crippen LogP contribution in [0.3, 0.4) is 0 Å². The molecule has 136 heavy (non-hydrogen) atoms. The van der Waals surface area contributed by atoms with E-state index in [4.69, 9.17) is 38.7 Å². The smallest absolute Gasteiger partial charge is 0.164 e. The Labute approximate surface area is 791 Å². The predicted octanol–water partition coefficient (Wildman–Crippen LogP) is 34.9. The summed E-state index contributed by atoms with van der Waals surface area (Å²) in [6.45, 7) is 0. The normalized spacial score (nSPS) is 11.7. The minimum atomic E-state index is 0.573. The van der Waals surface area contributed by atoms with E-state index in [1.807, 2.05) is 120 Å². The fourth-order valence-corrected chi connectivity index (χ4v) is 22.4. The molecule has 6 heterocycles. The van der Waals surface area contributed by atoms with Gasteiger partial charge in [0, 0.05) is 112 Å². The number of hydrogen-bond donors (Lipinski definition) is 0. The lowest BCUT2D eigenvalue weighted by molar-refractivity contribution is 0.668. The molecule has 26 rings (SSSR count). The third-order valence-electron chi connectivity index (χ3n) is 26.5. The van der Waals surface area contributed by atoms with Gasteiger partial charge in [0.2, 0.25) is 0 Å². The van der Waals surface area contributed by atoms with Crippen LogP contribution in [0, 0.1) is 0 Å². The quantitative estimate of drug-likeness (QED) is 0.0888. The van der Waals surface area contributed by atoms with E-state index in [-0.39, 0.29) is 0 Å². The van der Waals surface area contributed by atoms with Crippen LogP contribution in [0.25, 0.3) is 275 Å². The maximum absolute atomic E-state index is 6.51. The molecule has 0 amide bonds. The van der Waals surface area contributed by atoms with Crippen LogP contribution < -0.4 is 0 Å². The minimum Gasteiger partial charge on any atom is -0.456 e. The van der Waals surface area contributed by atoms with Crippen LogP contribution in [0.1, 0.15) is 0 Å². The van der Waals surface area contributed by atoms with Gasteiger partial charge in [0.25, 0.3) is 0 Å². The highest BCUT2D eigenvalue weighted by atomic mass is 32.1. The van der Waals surface area contributed by atoms with Crippen molar-refractivity contribution in [3.63, 3.8) is 0 Å². The Morgan fingerprint density at radius 2 is 0.463 bits per heavy atom. The third-order valence-corrected chi connectivity index (χ3v) is 29.0. The lowest BCUT2D eigenvalue weighted by atomic mass is 9.89. The zero-order valence-corrected chi connectivity index (χ0v) is 74.8. The number of aromatic nitrogens is 6. The van der Waals surface area contributed by atoms with Crippen molar-refractivity contribution < 1.29 is 8.83 Å². The average molecular weight is 1770 g/mol. The van der Waals surface area contributed by atoms with Crippen molar-refractivity contribution >= 4 is 107 Å². The molecule has 10 heteroatoms. The first-order valence-corrected chi connectivity index (χ1v) is 47.4. The average Bonchev–Trinajstić information content (AvgIpc) is 1.56. The SMILES string of the molecule is c1ccc(-c2ccc3c(c2)sc2c(-c4ccc(-c5ccc(-c6ccc(-c7nc(-c8ccccc8)nc(-c8cccc9oc%10ccc(-c%11ccccc%11)cc%10c89)n7)cc6)cc5)cc4)c(-c4cc(-c5ccccc5)c5sc6c(-c7ccccc7-c7ccc(-c8ccc(-c9nc(-c%10ccccc%10)nc(-c%10cccc%11oc%12ccc(-c%13ccccc%13)cc%12c%10%11)n9)cc8)cc7)cccc6c5c4)ccc23)cc1. The Balaban J connectivity index is 0.522. The van der Waals surface area contributed by atoms with Crippen LogP contribution in [0.5, 0.6) is 0 Å². The fraction of sp³-hybridized carbons (Fsp3) is 0. The van der Waals surface area contributed by atoms with Crippen LogP contribution >= 0.6 is 22.7 Å². The van der Waals surface area contributed by atoms with Crippen LogP contribution in [0.2, 0.25) is 0 Å². The summed E-state index contributed by atoms with van der Waals surface area (Å²) in [6.07, 6.45) is 0. The predicted molar refractivity (Wildman–Crippen MR) is 566 cm³/mol. The summed E-state index contributed by atoms with van der Waals surface area (Å²) in [5, 5.41) is 8.88. The molecule has 6 aromatic heterocycles. The van der Waals surface area contributed by atoms with Gasteiger partial charge in [-0.25, -0.2) is 29.9 Å². The van der Waals surface area contributed by atoms with Crippen molar-refractivity contribution in [1.29, 1.82) is 0 Å². The highest BCUT2D eigenvalue weighted by molar-refractivity contribution is 7.27. The monoisotopic (exact) mass is 1770 g/mol. The molecule has 0 aliphatic carbocycles. The van der Waals surface area contributed by atoms with E-state index >= 15 is 0 Å². The Kier molecular flexibility index (Phi) is 19.5. The standard InChI is InChI=1S/C126H76N6O2S2/c1-7-24-77(25-8-1)93-65-70-110-108(72-93)116-104(40-22-42-112(116)133-110)125-129-121(89-32-15-5-16-33-89)127-123(131-125)91-60-52-84(53-61-91)81-46-44-80(45-47-81)83-50-58-88(59-51-83)115-98(68-69-103-100-67-64-95(76-114(100)135-120(103)115)79-28-11-3-12-29-79)96-74-106(86-30-13-4-14-31-86)119-107(75-96)102-39-21-38-101(118(102)136-119)99-37-20-19-36-97(99)87-56-48-82(49-57-87)85-54-62-92(63-55-85)124-128-122(90-34-17-6-18-35-90)130-126(132-124)105-41-23-43-113-117(105)109-73-94(66-71-111(109)134-113)78-26-9-2-10-27-78/h1-76H. The topological polar surface area (TPSA) is 104 Å². The maximum atomic E-state index is 6.51. The van der Waals surface area contributed by atoms with E-state index in [2.05, 4.69) is 364 Å². The molecule has 0 N–H and O–H groups in total. The Hall–Kier alpha value is -17.5. The summed E-state index contributed by atoms with van der Waals surface area (Å²) in [6, 6.07) is 165. The van der Waals surface area contributed by atoms with Gasteiger partial charge in [-0.1, -0.05) is 406 Å². The molecule has 8 nitrogen and oxygen atoms in total. The molecule has 0 spiro atoms. The van der Waals surface area contributed by atoms with Gasteiger partial charge >= 0.3 is 0 Å². The molecule has 0 bridgehead atoms. The molecular formula is C126H76N6O2S2. The van der Waals surface area contributed by atoms with Gasteiger partial charge in [-0.3, -0.25) is 0 Å². The Bertz CT molecular complexity index is 9140. The second-order valence-corrected chi connectivity index (χ2v) is 36.7. The molecule has 0 aliphatic rings. The molecule has 0 fully saturated rings. The van der Waals surface area contributed by atoms with E-state index in [0.717, 1.165) is 155 Å². The van der Waals surface area contributed by atoms with Crippen molar-refractivity contribution in [3.8, 4) is 191 Å². The Morgan fingerprint density at radius 3 is 0.934 bits per heavy atom. The summed E-state index contributed by atoms with van der Waals surface area (Å²) >= 11 is 3.78. The largest absolute Gasteiger partial charge is 0.456 e. The molecule has 634 valence electrons. The van der Waals surface area contributed by atoms with E-state index in [9.17, 15) is 0 Å². The highest BCUT2D eigenvalue weighted by Crippen LogP contribution is 2.53. The number of hydrogen-bond acceptors (Lipinski definition) is 10. The van der Waals surface area contributed by atoms with E-state index in [1.165, 1.54) is 84.9 Å². The van der Waals surface area contributed by atoms with E-state index in [0.29, 0.717) is 34.9 Å². The third kappa shape index (κ3) is 14.3. The highest BCUT2D eigenvalue weighted by Gasteiger charge is 2.26. The molecule has 0 radical (unpaired) electrons. The molecule has 0 aliphatic heterocycles.